The van der Waals surface area contributed by atoms with Crippen LogP contribution in [0.5, 0.6) is 5.75 Å². The van der Waals surface area contributed by atoms with Crippen molar-refractivity contribution in [3.05, 3.63) is 41.7 Å². The van der Waals surface area contributed by atoms with Crippen molar-refractivity contribution in [2.24, 2.45) is 0 Å². The summed E-state index contributed by atoms with van der Waals surface area (Å²) in [7, 11) is 2.17. The molecule has 4 rings (SSSR count). The largest absolute Gasteiger partial charge is 0.466 e. The average Bonchev–Trinajstić information content (AvgIpc) is 3.02. The minimum Gasteiger partial charge on any atom is -0.466 e. The number of pyridine rings is 1. The number of nitrogens with zero attached hydrogens (tertiary/aromatic N) is 2. The molecule has 1 aromatic heterocycles. The number of thiocarbonyl (C=S) groups is 1. The van der Waals surface area contributed by atoms with Crippen LogP contribution in [-0.4, -0.2) is 23.3 Å². The SMILES string of the molecule is POCOc1cncc(-c2cc3c4c(c2)CCN4C(=S)CC3)c1. The summed E-state index contributed by atoms with van der Waals surface area (Å²) >= 11 is 5.51. The first-order valence-corrected chi connectivity index (χ1v) is 8.50. The highest BCUT2D eigenvalue weighted by Gasteiger charge is 2.29. The molecule has 1 aromatic carbocycles. The molecule has 2 aromatic rings. The third-order valence-electron chi connectivity index (χ3n) is 4.39. The smallest absolute Gasteiger partial charge is 0.191 e. The van der Waals surface area contributed by atoms with Crippen molar-refractivity contribution < 1.29 is 9.26 Å². The highest BCUT2D eigenvalue weighted by Crippen LogP contribution is 2.40. The second-order valence-electron chi connectivity index (χ2n) is 5.78. The molecule has 0 amide bonds. The third-order valence-corrected chi connectivity index (χ3v) is 4.95. The summed E-state index contributed by atoms with van der Waals surface area (Å²) in [5, 5.41) is 0. The van der Waals surface area contributed by atoms with Gasteiger partial charge in [-0.1, -0.05) is 12.2 Å². The lowest BCUT2D eigenvalue weighted by atomic mass is 9.94. The van der Waals surface area contributed by atoms with Gasteiger partial charge in [-0.15, -0.1) is 0 Å². The summed E-state index contributed by atoms with van der Waals surface area (Å²) in [6.45, 7) is 1.20. The third kappa shape index (κ3) is 2.74. The summed E-state index contributed by atoms with van der Waals surface area (Å²) in [5.41, 5.74) is 6.39. The van der Waals surface area contributed by atoms with E-state index in [1.165, 1.54) is 22.4 Å². The highest BCUT2D eigenvalue weighted by molar-refractivity contribution is 7.80. The minimum absolute atomic E-state index is 0.192. The van der Waals surface area contributed by atoms with E-state index in [4.69, 9.17) is 21.5 Å². The van der Waals surface area contributed by atoms with Crippen LogP contribution in [0.2, 0.25) is 0 Å². The van der Waals surface area contributed by atoms with Crippen molar-refractivity contribution in [3.63, 3.8) is 0 Å². The molecule has 0 aliphatic carbocycles. The van der Waals surface area contributed by atoms with Gasteiger partial charge in [-0.2, -0.15) is 0 Å². The van der Waals surface area contributed by atoms with Gasteiger partial charge < -0.3 is 14.2 Å². The fourth-order valence-corrected chi connectivity index (χ4v) is 3.73. The standard InChI is InChI=1S/C17H17N2O2PS/c22-21-10-20-15-7-14(8-18-9-15)13-5-11-1-2-16(23)19-4-3-12(6-13)17(11)19/h5-9H,1-4,10,22H2. The Balaban J connectivity index is 1.73. The van der Waals surface area contributed by atoms with Crippen molar-refractivity contribution in [3.8, 4) is 16.9 Å². The first-order chi connectivity index (χ1) is 11.3. The molecule has 6 heteroatoms. The summed E-state index contributed by atoms with van der Waals surface area (Å²) in [6, 6.07) is 6.54. The van der Waals surface area contributed by atoms with Gasteiger partial charge in [0.25, 0.3) is 0 Å². The van der Waals surface area contributed by atoms with Crippen molar-refractivity contribution >= 4 is 32.4 Å². The molecule has 0 radical (unpaired) electrons. The lowest BCUT2D eigenvalue weighted by Gasteiger charge is -2.28. The van der Waals surface area contributed by atoms with E-state index in [9.17, 15) is 0 Å². The van der Waals surface area contributed by atoms with E-state index in [2.05, 4.69) is 31.5 Å². The van der Waals surface area contributed by atoms with E-state index < -0.39 is 0 Å². The molecule has 0 bridgehead atoms. The Kier molecular flexibility index (Phi) is 4.02. The van der Waals surface area contributed by atoms with Gasteiger partial charge in [-0.3, -0.25) is 4.98 Å². The Morgan fingerprint density at radius 2 is 1.91 bits per heavy atom. The van der Waals surface area contributed by atoms with E-state index in [-0.39, 0.29) is 6.79 Å². The fourth-order valence-electron chi connectivity index (χ4n) is 3.38. The normalized spacial score (nSPS) is 15.7. The van der Waals surface area contributed by atoms with Gasteiger partial charge in [-0.05, 0) is 47.7 Å². The monoisotopic (exact) mass is 344 g/mol. The molecule has 3 heterocycles. The summed E-state index contributed by atoms with van der Waals surface area (Å²) in [5.74, 6) is 0.710. The maximum Gasteiger partial charge on any atom is 0.191 e. The molecule has 0 saturated carbocycles. The van der Waals surface area contributed by atoms with Crippen LogP contribution in [-0.2, 0) is 17.4 Å². The Morgan fingerprint density at radius 1 is 1.09 bits per heavy atom. The van der Waals surface area contributed by atoms with E-state index in [0.29, 0.717) is 5.75 Å². The summed E-state index contributed by atoms with van der Waals surface area (Å²) < 4.78 is 10.3. The lowest BCUT2D eigenvalue weighted by Crippen LogP contribution is -2.31. The molecule has 2 aliphatic rings. The van der Waals surface area contributed by atoms with Gasteiger partial charge in [-0.25, -0.2) is 0 Å². The van der Waals surface area contributed by atoms with Gasteiger partial charge >= 0.3 is 0 Å². The van der Waals surface area contributed by atoms with E-state index >= 15 is 0 Å². The topological polar surface area (TPSA) is 34.6 Å². The van der Waals surface area contributed by atoms with E-state index in [1.807, 2.05) is 12.3 Å². The van der Waals surface area contributed by atoms with Crippen LogP contribution in [0.1, 0.15) is 17.5 Å². The maximum atomic E-state index is 5.51. The zero-order valence-electron chi connectivity index (χ0n) is 12.6. The van der Waals surface area contributed by atoms with Gasteiger partial charge in [0.15, 0.2) is 6.79 Å². The van der Waals surface area contributed by atoms with Crippen LogP contribution in [0, 0.1) is 0 Å². The highest BCUT2D eigenvalue weighted by atomic mass is 32.1. The molecule has 0 fully saturated rings. The number of rotatable bonds is 4. The van der Waals surface area contributed by atoms with E-state index in [1.54, 1.807) is 6.20 Å². The lowest BCUT2D eigenvalue weighted by molar-refractivity contribution is 0.140. The van der Waals surface area contributed by atoms with Gasteiger partial charge in [0.2, 0.25) is 0 Å². The number of benzene rings is 1. The van der Waals surface area contributed by atoms with Crippen LogP contribution in [0.3, 0.4) is 0 Å². The van der Waals surface area contributed by atoms with Crippen molar-refractivity contribution in [2.75, 3.05) is 18.2 Å². The molecule has 118 valence electrons. The van der Waals surface area contributed by atoms with Gasteiger partial charge in [0, 0.05) is 39.9 Å². The van der Waals surface area contributed by atoms with Crippen molar-refractivity contribution in [1.82, 2.24) is 4.98 Å². The molecule has 0 N–H and O–H groups in total. The number of ether oxygens (including phenoxy) is 1. The molecule has 0 saturated heterocycles. The van der Waals surface area contributed by atoms with Crippen LogP contribution >= 0.6 is 21.7 Å². The molecule has 4 nitrogen and oxygen atoms in total. The molecule has 2 aliphatic heterocycles. The number of hydrogen-bond donors (Lipinski definition) is 0. The summed E-state index contributed by atoms with van der Waals surface area (Å²) in [4.78, 5) is 7.67. The number of hydrogen-bond acceptors (Lipinski definition) is 4. The average molecular weight is 344 g/mol. The van der Waals surface area contributed by atoms with Crippen LogP contribution in [0.25, 0.3) is 11.1 Å². The van der Waals surface area contributed by atoms with Crippen LogP contribution < -0.4 is 9.64 Å². The minimum atomic E-state index is 0.192. The number of anilines is 1. The van der Waals surface area contributed by atoms with E-state index in [0.717, 1.165) is 36.4 Å². The second kappa shape index (κ2) is 6.16. The second-order valence-corrected chi connectivity index (χ2v) is 6.58. The van der Waals surface area contributed by atoms with Gasteiger partial charge in [0.1, 0.15) is 5.75 Å². The first kappa shape index (κ1) is 15.0. The zero-order valence-corrected chi connectivity index (χ0v) is 14.6. The predicted octanol–water partition coefficient (Wildman–Crippen LogP) is 3.53. The number of aryl methyl sites for hydroxylation is 1. The molecule has 23 heavy (non-hydrogen) atoms. The maximum absolute atomic E-state index is 5.51. The Labute approximate surface area is 143 Å². The van der Waals surface area contributed by atoms with Crippen molar-refractivity contribution in [1.29, 1.82) is 0 Å². The predicted molar refractivity (Wildman–Crippen MR) is 97.9 cm³/mol. The Bertz CT molecular complexity index is 781. The quantitative estimate of drug-likeness (QED) is 0.482. The molecule has 1 unspecified atom stereocenters. The summed E-state index contributed by atoms with van der Waals surface area (Å²) in [6.07, 6.45) is 6.63. The Morgan fingerprint density at radius 3 is 2.74 bits per heavy atom. The first-order valence-electron chi connectivity index (χ1n) is 7.62. The number of aromatic nitrogens is 1. The van der Waals surface area contributed by atoms with Crippen LogP contribution in [0.4, 0.5) is 5.69 Å². The molecular formula is C17H17N2O2PS. The molecule has 0 spiro atoms. The van der Waals surface area contributed by atoms with Crippen LogP contribution in [0.15, 0.2) is 30.6 Å². The molecule has 1 atom stereocenters. The molecular weight excluding hydrogens is 327 g/mol. The fraction of sp³-hybridized carbons (Fsp3) is 0.294. The van der Waals surface area contributed by atoms with Crippen molar-refractivity contribution in [2.45, 2.75) is 19.3 Å². The Hall–Kier alpha value is -1.55. The zero-order chi connectivity index (χ0) is 15.8. The van der Waals surface area contributed by atoms with Gasteiger partial charge in [0.05, 0.1) is 11.2 Å².